The van der Waals surface area contributed by atoms with Crippen LogP contribution >= 0.6 is 0 Å². The van der Waals surface area contributed by atoms with Gasteiger partial charge in [0.1, 0.15) is 12.2 Å². The molecular formula is C18H18F3N3O4. The van der Waals surface area contributed by atoms with Gasteiger partial charge in [-0.05, 0) is 11.1 Å². The molecule has 0 radical (unpaired) electrons. The average Bonchev–Trinajstić information content (AvgIpc) is 2.69. The molecule has 0 saturated heterocycles. The third kappa shape index (κ3) is 5.12. The summed E-state index contributed by atoms with van der Waals surface area (Å²) in [6, 6.07) is 7.39. The van der Waals surface area contributed by atoms with Gasteiger partial charge in [-0.25, -0.2) is 9.78 Å². The molecule has 0 aliphatic heterocycles. The molecule has 1 heterocycles. The maximum Gasteiger partial charge on any atom is 0.433 e. The minimum absolute atomic E-state index is 0.138. The molecule has 1 aromatic heterocycles. The summed E-state index contributed by atoms with van der Waals surface area (Å²) < 4.78 is 54.1. The zero-order chi connectivity index (χ0) is 20.7. The Morgan fingerprint density at radius 3 is 2.54 bits per heavy atom. The van der Waals surface area contributed by atoms with Crippen LogP contribution in [-0.2, 0) is 27.1 Å². The van der Waals surface area contributed by atoms with Crippen molar-refractivity contribution in [3.63, 3.8) is 0 Å². The molecule has 2 aromatic rings. The summed E-state index contributed by atoms with van der Waals surface area (Å²) >= 11 is 0. The summed E-state index contributed by atoms with van der Waals surface area (Å²) in [4.78, 5) is 19.2. The molecule has 2 rings (SSSR count). The van der Waals surface area contributed by atoms with Crippen molar-refractivity contribution in [1.82, 2.24) is 9.97 Å². The predicted octanol–water partition coefficient (Wildman–Crippen LogP) is 3.28. The van der Waals surface area contributed by atoms with Gasteiger partial charge in [-0.15, -0.1) is 0 Å². The molecule has 150 valence electrons. The van der Waals surface area contributed by atoms with E-state index in [9.17, 15) is 18.0 Å². The lowest BCUT2D eigenvalue weighted by Crippen LogP contribution is -2.12. The summed E-state index contributed by atoms with van der Waals surface area (Å²) in [5.74, 6) is -1.13. The summed E-state index contributed by atoms with van der Waals surface area (Å²) in [6.07, 6.45) is -3.43. The van der Waals surface area contributed by atoms with Gasteiger partial charge in [0.15, 0.2) is 5.69 Å². The number of hydrogen-bond donors (Lipinski definition) is 1. The first-order valence-electron chi connectivity index (χ1n) is 7.96. The Morgan fingerprint density at radius 1 is 1.21 bits per heavy atom. The second-order valence-electron chi connectivity index (χ2n) is 5.37. The van der Waals surface area contributed by atoms with E-state index in [-0.39, 0.29) is 24.0 Å². The number of rotatable bonds is 7. The molecule has 0 amide bonds. The van der Waals surface area contributed by atoms with E-state index in [0.717, 1.165) is 0 Å². The fourth-order valence-corrected chi connectivity index (χ4v) is 2.27. The Morgan fingerprint density at radius 2 is 1.93 bits per heavy atom. The number of hydrogen-bond acceptors (Lipinski definition) is 7. The molecule has 0 saturated carbocycles. The molecule has 0 unspecified atom stereocenters. The Kier molecular flexibility index (Phi) is 6.80. The summed E-state index contributed by atoms with van der Waals surface area (Å²) in [6.45, 7) is -0.147. The highest BCUT2D eigenvalue weighted by Gasteiger charge is 2.34. The van der Waals surface area contributed by atoms with E-state index >= 15 is 0 Å². The van der Waals surface area contributed by atoms with Crippen LogP contribution in [0, 0.1) is 0 Å². The van der Waals surface area contributed by atoms with E-state index in [1.54, 1.807) is 24.3 Å². The zero-order valence-electron chi connectivity index (χ0n) is 15.3. The number of nitrogens with zero attached hydrogens (tertiary/aromatic N) is 2. The Hall–Kier alpha value is -3.30. The lowest BCUT2D eigenvalue weighted by Gasteiger charge is -2.14. The normalized spacial score (nSPS) is 11.7. The van der Waals surface area contributed by atoms with Crippen LogP contribution in [0.25, 0.3) is 5.57 Å². The molecule has 0 bridgehead atoms. The lowest BCUT2D eigenvalue weighted by molar-refractivity contribution is -0.141. The van der Waals surface area contributed by atoms with E-state index in [0.29, 0.717) is 17.2 Å². The molecule has 1 N–H and O–H groups in total. The van der Waals surface area contributed by atoms with Crippen LogP contribution in [0.3, 0.4) is 0 Å². The fraction of sp³-hybridized carbons (Fsp3) is 0.278. The van der Waals surface area contributed by atoms with Gasteiger partial charge in [0, 0.05) is 13.1 Å². The maximum atomic E-state index is 13.0. The molecule has 7 nitrogen and oxygen atoms in total. The molecule has 1 aromatic carbocycles. The molecule has 10 heteroatoms. The van der Waals surface area contributed by atoms with E-state index in [2.05, 4.69) is 15.3 Å². The second-order valence-corrected chi connectivity index (χ2v) is 5.37. The molecule has 0 aliphatic rings. The number of aromatic nitrogens is 2. The molecular weight excluding hydrogens is 379 g/mol. The van der Waals surface area contributed by atoms with Gasteiger partial charge in [-0.3, -0.25) is 0 Å². The van der Waals surface area contributed by atoms with E-state index in [1.807, 2.05) is 0 Å². The minimum atomic E-state index is -4.65. The van der Waals surface area contributed by atoms with Gasteiger partial charge >= 0.3 is 12.1 Å². The Bertz CT molecular complexity index is 869. The maximum absolute atomic E-state index is 13.0. The SMILES string of the molecule is CNc1nc(OCc2ccccc2/C(=C\OC)C(=O)OC)cc(C(F)(F)F)n1. The van der Waals surface area contributed by atoms with Crippen molar-refractivity contribution in [2.24, 2.45) is 0 Å². The number of esters is 1. The monoisotopic (exact) mass is 397 g/mol. The van der Waals surface area contributed by atoms with Crippen LogP contribution in [0.4, 0.5) is 19.1 Å². The third-order valence-electron chi connectivity index (χ3n) is 3.54. The molecule has 0 aliphatic carbocycles. The number of benzene rings is 1. The molecule has 0 fully saturated rings. The van der Waals surface area contributed by atoms with Crippen LogP contribution in [0.5, 0.6) is 5.88 Å². The number of alkyl halides is 3. The van der Waals surface area contributed by atoms with Crippen molar-refractivity contribution in [2.45, 2.75) is 12.8 Å². The summed E-state index contributed by atoms with van der Waals surface area (Å²) in [5, 5.41) is 2.46. The van der Waals surface area contributed by atoms with Gasteiger partial charge < -0.3 is 19.5 Å². The Balaban J connectivity index is 2.34. The molecule has 0 spiro atoms. The number of nitrogens with one attached hydrogen (secondary N) is 1. The highest BCUT2D eigenvalue weighted by Crippen LogP contribution is 2.30. The number of carbonyl (C=O) groups is 1. The number of methoxy groups -OCH3 is 2. The Labute approximate surface area is 159 Å². The topological polar surface area (TPSA) is 82.6 Å². The average molecular weight is 397 g/mol. The summed E-state index contributed by atoms with van der Waals surface area (Å²) in [5.41, 5.74) is -0.0204. The van der Waals surface area contributed by atoms with Gasteiger partial charge in [-0.1, -0.05) is 24.3 Å². The van der Waals surface area contributed by atoms with Crippen LogP contribution in [0.2, 0.25) is 0 Å². The van der Waals surface area contributed by atoms with Crippen molar-refractivity contribution in [1.29, 1.82) is 0 Å². The van der Waals surface area contributed by atoms with E-state index < -0.39 is 17.8 Å². The zero-order valence-corrected chi connectivity index (χ0v) is 15.3. The van der Waals surface area contributed by atoms with Gasteiger partial charge in [0.2, 0.25) is 11.8 Å². The second kappa shape index (κ2) is 9.07. The molecule has 0 atom stereocenters. The first-order chi connectivity index (χ1) is 13.3. The van der Waals surface area contributed by atoms with Crippen molar-refractivity contribution in [3.05, 3.63) is 53.4 Å². The minimum Gasteiger partial charge on any atom is -0.503 e. The van der Waals surface area contributed by atoms with Gasteiger partial charge in [0.25, 0.3) is 0 Å². The van der Waals surface area contributed by atoms with Crippen LogP contribution in [0.1, 0.15) is 16.8 Å². The van der Waals surface area contributed by atoms with Crippen LogP contribution in [0.15, 0.2) is 36.6 Å². The number of anilines is 1. The smallest absolute Gasteiger partial charge is 0.433 e. The van der Waals surface area contributed by atoms with Crippen molar-refractivity contribution in [3.8, 4) is 5.88 Å². The first kappa shape index (κ1) is 21.0. The standard InChI is InChI=1S/C18H18F3N3O4/c1-22-17-23-14(18(19,20)21)8-15(24-17)28-9-11-6-4-5-7-12(11)13(10-26-2)16(25)27-3/h4-8,10H,9H2,1-3H3,(H,22,23,24)/b13-10+. The van der Waals surface area contributed by atoms with Crippen LogP contribution in [-0.4, -0.2) is 37.2 Å². The highest BCUT2D eigenvalue weighted by molar-refractivity contribution is 6.16. The van der Waals surface area contributed by atoms with Crippen molar-refractivity contribution in [2.75, 3.05) is 26.6 Å². The van der Waals surface area contributed by atoms with E-state index in [1.165, 1.54) is 27.5 Å². The predicted molar refractivity (Wildman–Crippen MR) is 94.4 cm³/mol. The van der Waals surface area contributed by atoms with E-state index in [4.69, 9.17) is 14.2 Å². The van der Waals surface area contributed by atoms with Crippen molar-refractivity contribution < 1.29 is 32.2 Å². The van der Waals surface area contributed by atoms with Crippen LogP contribution < -0.4 is 10.1 Å². The third-order valence-corrected chi connectivity index (χ3v) is 3.54. The molecule has 28 heavy (non-hydrogen) atoms. The van der Waals surface area contributed by atoms with Gasteiger partial charge in [0.05, 0.1) is 20.5 Å². The quantitative estimate of drug-likeness (QED) is 0.436. The van der Waals surface area contributed by atoms with Crippen molar-refractivity contribution >= 4 is 17.5 Å². The fourth-order valence-electron chi connectivity index (χ4n) is 2.27. The number of halogens is 3. The summed E-state index contributed by atoms with van der Waals surface area (Å²) in [7, 11) is 4.00. The number of carbonyl (C=O) groups excluding carboxylic acids is 1. The highest BCUT2D eigenvalue weighted by atomic mass is 19.4. The largest absolute Gasteiger partial charge is 0.503 e. The number of ether oxygens (including phenoxy) is 3. The lowest BCUT2D eigenvalue weighted by atomic mass is 10.0. The first-order valence-corrected chi connectivity index (χ1v) is 7.96. The van der Waals surface area contributed by atoms with Gasteiger partial charge in [-0.2, -0.15) is 18.2 Å².